The van der Waals surface area contributed by atoms with E-state index < -0.39 is 34.3 Å². The van der Waals surface area contributed by atoms with Gasteiger partial charge in [0.1, 0.15) is 24.2 Å². The van der Waals surface area contributed by atoms with Gasteiger partial charge in [0.25, 0.3) is 10.0 Å². The molecule has 1 aliphatic carbocycles. The van der Waals surface area contributed by atoms with Gasteiger partial charge >= 0.3 is 0 Å². The van der Waals surface area contributed by atoms with Crippen molar-refractivity contribution < 1.29 is 27.1 Å². The normalized spacial score (nSPS) is 14.3. The quantitative estimate of drug-likeness (QED) is 0.329. The number of amides is 2. The van der Waals surface area contributed by atoms with Crippen LogP contribution in [0.15, 0.2) is 83.8 Å². The van der Waals surface area contributed by atoms with Gasteiger partial charge in [0.15, 0.2) is 0 Å². The van der Waals surface area contributed by atoms with Gasteiger partial charge in [0.2, 0.25) is 11.8 Å². The van der Waals surface area contributed by atoms with Crippen molar-refractivity contribution in [3.05, 3.63) is 90.2 Å². The molecule has 1 aliphatic rings. The minimum atomic E-state index is -4.18. The molecule has 0 radical (unpaired) electrons. The number of hydrogen-bond donors (Lipinski definition) is 1. The molecule has 0 heterocycles. The lowest BCUT2D eigenvalue weighted by atomic mass is 10.1. The van der Waals surface area contributed by atoms with Gasteiger partial charge in [0, 0.05) is 12.6 Å². The average Bonchev–Trinajstić information content (AvgIpc) is 3.49. The van der Waals surface area contributed by atoms with Crippen molar-refractivity contribution >= 4 is 27.5 Å². The van der Waals surface area contributed by atoms with E-state index in [0.29, 0.717) is 23.6 Å². The zero-order valence-corrected chi connectivity index (χ0v) is 24.1. The highest BCUT2D eigenvalue weighted by molar-refractivity contribution is 7.92. The van der Waals surface area contributed by atoms with E-state index in [1.165, 1.54) is 29.2 Å². The lowest BCUT2D eigenvalue weighted by Gasteiger charge is -2.32. The number of benzene rings is 3. The Morgan fingerprint density at radius 1 is 0.976 bits per heavy atom. The Morgan fingerprint density at radius 3 is 2.22 bits per heavy atom. The maximum atomic E-state index is 13.9. The predicted molar refractivity (Wildman–Crippen MR) is 155 cm³/mol. The minimum absolute atomic E-state index is 0.00407. The van der Waals surface area contributed by atoms with Crippen molar-refractivity contribution in [3.8, 4) is 5.75 Å². The number of nitrogens with zero attached hydrogens (tertiary/aromatic N) is 2. The first-order chi connectivity index (χ1) is 19.7. The molecule has 1 saturated carbocycles. The topological polar surface area (TPSA) is 96.0 Å². The highest BCUT2D eigenvalue weighted by Crippen LogP contribution is 2.26. The van der Waals surface area contributed by atoms with Gasteiger partial charge in [-0.1, -0.05) is 43.2 Å². The van der Waals surface area contributed by atoms with Crippen LogP contribution in [0.5, 0.6) is 5.75 Å². The first-order valence-electron chi connectivity index (χ1n) is 13.8. The van der Waals surface area contributed by atoms with Gasteiger partial charge in [-0.3, -0.25) is 13.9 Å². The van der Waals surface area contributed by atoms with Crippen LogP contribution >= 0.6 is 0 Å². The maximum Gasteiger partial charge on any atom is 0.264 e. The number of halogens is 1. The van der Waals surface area contributed by atoms with Crippen molar-refractivity contribution in [2.75, 3.05) is 17.5 Å². The molecule has 218 valence electrons. The van der Waals surface area contributed by atoms with E-state index in [-0.39, 0.29) is 23.4 Å². The lowest BCUT2D eigenvalue weighted by molar-refractivity contribution is -0.139. The third-order valence-corrected chi connectivity index (χ3v) is 8.97. The number of sulfonamides is 1. The van der Waals surface area contributed by atoms with Crippen molar-refractivity contribution in [3.63, 3.8) is 0 Å². The molecule has 0 aromatic heterocycles. The number of anilines is 1. The van der Waals surface area contributed by atoms with Crippen LogP contribution in [0.1, 0.15) is 45.1 Å². The molecular formula is C31H36FN3O5S. The molecule has 1 fully saturated rings. The number of nitrogens with one attached hydrogen (secondary N) is 1. The SMILES string of the molecule is CCOc1ccc(S(=O)(=O)N(CC(=O)N(Cc2ccc(F)cc2)[C@@H](C)C(=O)NC2CCCC2)c2ccccc2)cc1. The molecule has 41 heavy (non-hydrogen) atoms. The van der Waals surface area contributed by atoms with Crippen LogP contribution in [-0.4, -0.2) is 50.4 Å². The van der Waals surface area contributed by atoms with Crippen LogP contribution in [0.2, 0.25) is 0 Å². The zero-order chi connectivity index (χ0) is 29.4. The third kappa shape index (κ3) is 7.64. The maximum absolute atomic E-state index is 13.9. The molecule has 0 unspecified atom stereocenters. The molecule has 0 saturated heterocycles. The van der Waals surface area contributed by atoms with Crippen molar-refractivity contribution in [1.82, 2.24) is 10.2 Å². The Kier molecular flexibility index (Phi) is 9.99. The molecule has 10 heteroatoms. The van der Waals surface area contributed by atoms with Crippen LogP contribution in [-0.2, 0) is 26.2 Å². The fraction of sp³-hybridized carbons (Fsp3) is 0.355. The molecule has 2 amide bonds. The average molecular weight is 582 g/mol. The summed E-state index contributed by atoms with van der Waals surface area (Å²) in [5.41, 5.74) is 0.917. The molecule has 4 rings (SSSR count). The van der Waals surface area contributed by atoms with E-state index in [0.717, 1.165) is 30.0 Å². The van der Waals surface area contributed by atoms with E-state index >= 15 is 0 Å². The molecule has 3 aromatic carbocycles. The van der Waals surface area contributed by atoms with E-state index in [1.807, 2.05) is 6.92 Å². The molecule has 8 nitrogen and oxygen atoms in total. The number of ether oxygens (including phenoxy) is 1. The second-order valence-corrected chi connectivity index (χ2v) is 11.9. The van der Waals surface area contributed by atoms with Gasteiger partial charge in [-0.25, -0.2) is 12.8 Å². The summed E-state index contributed by atoms with van der Waals surface area (Å²) in [5.74, 6) is -0.772. The molecule has 0 bridgehead atoms. The summed E-state index contributed by atoms with van der Waals surface area (Å²) in [6, 6.07) is 19.2. The number of carbonyl (C=O) groups is 2. The third-order valence-electron chi connectivity index (χ3n) is 7.18. The minimum Gasteiger partial charge on any atom is -0.494 e. The molecule has 0 aliphatic heterocycles. The van der Waals surface area contributed by atoms with Crippen LogP contribution in [0.3, 0.4) is 0 Å². The second-order valence-electron chi connectivity index (χ2n) is 10.1. The van der Waals surface area contributed by atoms with E-state index in [4.69, 9.17) is 4.74 Å². The van der Waals surface area contributed by atoms with Crippen molar-refractivity contribution in [2.45, 2.75) is 63.1 Å². The smallest absolute Gasteiger partial charge is 0.264 e. The molecule has 0 spiro atoms. The first-order valence-corrected chi connectivity index (χ1v) is 15.3. The van der Waals surface area contributed by atoms with Gasteiger partial charge in [0.05, 0.1) is 17.2 Å². The van der Waals surface area contributed by atoms with Crippen molar-refractivity contribution in [2.24, 2.45) is 0 Å². The molecule has 1 N–H and O–H groups in total. The largest absolute Gasteiger partial charge is 0.494 e. The Bertz CT molecular complexity index is 1410. The molecule has 1 atom stereocenters. The summed E-state index contributed by atoms with van der Waals surface area (Å²) >= 11 is 0. The number of hydrogen-bond acceptors (Lipinski definition) is 5. The summed E-state index contributed by atoms with van der Waals surface area (Å²) < 4.78 is 47.8. The van der Waals surface area contributed by atoms with Gasteiger partial charge < -0.3 is 15.0 Å². The standard InChI is InChI=1S/C31H36FN3O5S/c1-3-40-28-17-19-29(20-18-28)41(38,39)35(27-11-5-4-6-12-27)22-30(36)34(21-24-13-15-25(32)16-14-24)23(2)31(37)33-26-9-7-8-10-26/h4-6,11-20,23,26H,3,7-10,21-22H2,1-2H3,(H,33,37)/t23-/m0/s1. The first kappa shape index (κ1) is 30.0. The Balaban J connectivity index is 1.65. The van der Waals surface area contributed by atoms with Crippen LogP contribution in [0.25, 0.3) is 0 Å². The van der Waals surface area contributed by atoms with Crippen molar-refractivity contribution in [1.29, 1.82) is 0 Å². The summed E-state index contributed by atoms with van der Waals surface area (Å²) in [5, 5.41) is 3.03. The monoisotopic (exact) mass is 581 g/mol. The Morgan fingerprint density at radius 2 is 1.61 bits per heavy atom. The number of carbonyl (C=O) groups excluding carboxylic acids is 2. The summed E-state index contributed by atoms with van der Waals surface area (Å²) in [6.07, 6.45) is 3.83. The fourth-order valence-corrected chi connectivity index (χ4v) is 6.30. The van der Waals surface area contributed by atoms with Crippen LogP contribution in [0, 0.1) is 5.82 Å². The van der Waals surface area contributed by atoms with E-state index in [1.54, 1.807) is 61.5 Å². The van der Waals surface area contributed by atoms with Crippen LogP contribution in [0.4, 0.5) is 10.1 Å². The number of rotatable bonds is 12. The summed E-state index contributed by atoms with van der Waals surface area (Å²) in [7, 11) is -4.18. The molecular weight excluding hydrogens is 545 g/mol. The highest BCUT2D eigenvalue weighted by atomic mass is 32.2. The summed E-state index contributed by atoms with van der Waals surface area (Å²) in [6.45, 7) is 3.36. The predicted octanol–water partition coefficient (Wildman–Crippen LogP) is 4.90. The zero-order valence-electron chi connectivity index (χ0n) is 23.3. The van der Waals surface area contributed by atoms with Gasteiger partial charge in [-0.15, -0.1) is 0 Å². The Hall–Kier alpha value is -3.92. The van der Waals surface area contributed by atoms with Crippen LogP contribution < -0.4 is 14.4 Å². The second kappa shape index (κ2) is 13.6. The van der Waals surface area contributed by atoms with Gasteiger partial charge in [-0.2, -0.15) is 0 Å². The molecule has 3 aromatic rings. The summed E-state index contributed by atoms with van der Waals surface area (Å²) in [4.78, 5) is 28.5. The highest BCUT2D eigenvalue weighted by Gasteiger charge is 2.33. The fourth-order valence-electron chi connectivity index (χ4n) is 4.89. The lowest BCUT2D eigenvalue weighted by Crippen LogP contribution is -2.52. The number of para-hydroxylation sites is 1. The van der Waals surface area contributed by atoms with E-state index in [2.05, 4.69) is 5.32 Å². The Labute approximate surface area is 241 Å². The van der Waals surface area contributed by atoms with Gasteiger partial charge in [-0.05, 0) is 80.8 Å². The van der Waals surface area contributed by atoms with E-state index in [9.17, 15) is 22.4 Å².